The molecule has 2 aromatic carbocycles. The van der Waals surface area contributed by atoms with E-state index in [2.05, 4.69) is 37.4 Å². The molecule has 0 spiro atoms. The third-order valence-electron chi connectivity index (χ3n) is 5.56. The molecule has 1 heterocycles. The quantitative estimate of drug-likeness (QED) is 0.266. The van der Waals surface area contributed by atoms with Crippen LogP contribution in [0.5, 0.6) is 0 Å². The normalized spacial score (nSPS) is 12.5. The molecule has 1 aliphatic heterocycles. The van der Waals surface area contributed by atoms with Gasteiger partial charge in [-0.25, -0.2) is 0 Å². The van der Waals surface area contributed by atoms with Gasteiger partial charge in [0, 0.05) is 0 Å². The van der Waals surface area contributed by atoms with Crippen LogP contribution in [-0.4, -0.2) is 0 Å². The van der Waals surface area contributed by atoms with E-state index < -0.39 is 0 Å². The molecule has 22 heavy (non-hydrogen) atoms. The summed E-state index contributed by atoms with van der Waals surface area (Å²) in [7, 11) is 0. The maximum absolute atomic E-state index is 2.45. The van der Waals surface area contributed by atoms with Gasteiger partial charge in [-0.1, -0.05) is 0 Å². The summed E-state index contributed by atoms with van der Waals surface area (Å²) in [5.74, 6) is 0. The molecular formula is C14H12Ra6S2. The Bertz CT molecular complexity index is 696. The Kier molecular flexibility index (Phi) is 12.0. The van der Waals surface area contributed by atoms with Gasteiger partial charge in [0.25, 0.3) is 0 Å². The molecule has 0 N–H and O–H groups in total. The van der Waals surface area contributed by atoms with Gasteiger partial charge in [-0.3, -0.25) is 0 Å². The summed E-state index contributed by atoms with van der Waals surface area (Å²) >= 11 is 7.46. The second kappa shape index (κ2) is 10.7. The number of hydrogen-bond donors (Lipinski definition) is 0. The van der Waals surface area contributed by atoms with E-state index in [0.717, 1.165) is 0 Å². The summed E-state index contributed by atoms with van der Waals surface area (Å²) in [6.07, 6.45) is 0. The van der Waals surface area contributed by atoms with Crippen molar-refractivity contribution in [3.05, 3.63) is 11.1 Å². The fourth-order valence-corrected chi connectivity index (χ4v) is 48.1. The Balaban J connectivity index is 2.32. The van der Waals surface area contributed by atoms with Crippen molar-refractivity contribution < 1.29 is 257 Å². The van der Waals surface area contributed by atoms with Crippen LogP contribution in [0.2, 0.25) is 0 Å². The molecule has 3 rings (SSSR count). The van der Waals surface area contributed by atoms with Gasteiger partial charge in [-0.05, 0) is 0 Å². The molecule has 0 unspecified atom stereocenters. The van der Waals surface area contributed by atoms with E-state index in [1.165, 1.54) is 0 Å². The minimum absolute atomic E-state index is 0.471. The summed E-state index contributed by atoms with van der Waals surface area (Å²) in [4.78, 5) is 7.07. The first-order valence-electron chi connectivity index (χ1n) is 7.82. The Hall–Kier alpha value is 7.95. The summed E-state index contributed by atoms with van der Waals surface area (Å²) in [5.41, 5.74) is 3.51. The first-order valence-corrected chi connectivity index (χ1v) is 34.1. The molecule has 0 saturated heterocycles. The van der Waals surface area contributed by atoms with Crippen molar-refractivity contribution in [2.24, 2.45) is 0 Å². The first kappa shape index (κ1) is 24.6. The second-order valence-corrected chi connectivity index (χ2v) is 33.2. The molecule has 0 amide bonds. The predicted octanol–water partition coefficient (Wildman–Crippen LogP) is -1.64. The Labute approximate surface area is 316 Å². The summed E-state index contributed by atoms with van der Waals surface area (Å²) in [6, 6.07) is 0. The van der Waals surface area contributed by atoms with E-state index in [4.69, 9.17) is 0 Å². The van der Waals surface area contributed by atoms with E-state index >= 15 is 0 Å². The zero-order chi connectivity index (χ0) is 16.3. The van der Waals surface area contributed by atoms with Gasteiger partial charge < -0.3 is 0 Å². The Morgan fingerprint density at radius 1 is 0.455 bits per heavy atom. The maximum atomic E-state index is 2.45. The molecule has 92 valence electrons. The van der Waals surface area contributed by atoms with Crippen LogP contribution < -0.4 is 3.63 Å². The van der Waals surface area contributed by atoms with Crippen molar-refractivity contribution in [1.82, 2.24) is 0 Å². The van der Waals surface area contributed by atoms with Crippen LogP contribution in [0, 0.1) is 271 Å². The molecule has 0 radical (unpaired) electrons. The average Bonchev–Trinajstić information content (AvgIpc) is 2.52. The van der Waals surface area contributed by atoms with Crippen LogP contribution in [-0.2, 0) is 0 Å². The van der Waals surface area contributed by atoms with E-state index in [9.17, 15) is 0 Å². The van der Waals surface area contributed by atoms with Gasteiger partial charge in [0.15, 0.2) is 0 Å². The monoisotopic (exact) mass is 1600 g/mol. The third kappa shape index (κ3) is 4.96. The van der Waals surface area contributed by atoms with Crippen LogP contribution in [0.1, 0.15) is 11.1 Å². The van der Waals surface area contributed by atoms with E-state index in [1.807, 2.05) is 3.63 Å². The standard InChI is InChI=1S/C14H6S2.6Ra.6H/c1-9-3-5-11-13(7-9)16-14-8-10(2)4-6-12(14)15-11;;;;;;;;;;;;/h1-2H3;;;;;;;;;;;;. The van der Waals surface area contributed by atoms with Crippen LogP contribution in [0.25, 0.3) is 0 Å². The average molecular weight is 1600 g/mol. The van der Waals surface area contributed by atoms with Crippen LogP contribution in [0.4, 0.5) is 0 Å². The zero-order valence-electron chi connectivity index (χ0n) is 14.8. The number of rotatable bonds is 0. The predicted molar refractivity (Wildman–Crippen MR) is 76.8 cm³/mol. The Morgan fingerprint density at radius 2 is 0.727 bits per heavy atom. The van der Waals surface area contributed by atoms with Gasteiger partial charge >= 0.3 is 328 Å². The molecule has 0 saturated carbocycles. The van der Waals surface area contributed by atoms with Gasteiger partial charge in [0.05, 0.1) is 0 Å². The molecule has 0 bridgehead atoms. The third-order valence-corrected chi connectivity index (χ3v) is 81.3. The van der Waals surface area contributed by atoms with Gasteiger partial charge in [0.2, 0.25) is 0 Å². The number of hydrogen-bond acceptors (Lipinski definition) is 2. The molecule has 0 atom stereocenters. The fourth-order valence-electron chi connectivity index (χ4n) is 3.18. The van der Waals surface area contributed by atoms with Crippen molar-refractivity contribution in [1.29, 1.82) is 0 Å². The molecule has 0 fully saturated rings. The topological polar surface area (TPSA) is 0 Å². The van der Waals surface area contributed by atoms with Crippen molar-refractivity contribution in [3.63, 3.8) is 0 Å². The molecule has 2 aromatic rings. The van der Waals surface area contributed by atoms with Crippen molar-refractivity contribution in [3.8, 4) is 0 Å². The second-order valence-electron chi connectivity index (χ2n) is 6.52. The van der Waals surface area contributed by atoms with E-state index in [0.29, 0.717) is 257 Å². The van der Waals surface area contributed by atoms with Crippen molar-refractivity contribution >= 4 is 27.1 Å². The molecule has 0 nitrogen and oxygen atoms in total. The van der Waals surface area contributed by atoms with Crippen molar-refractivity contribution in [2.45, 2.75) is 33.4 Å². The molecule has 0 aromatic heterocycles. The minimum atomic E-state index is 0.471. The molecule has 0 aliphatic carbocycles. The Morgan fingerprint density at radius 3 is 1.05 bits per heavy atom. The summed E-state index contributed by atoms with van der Waals surface area (Å²) in [6.45, 7) is 4.90. The number of fused-ring (bicyclic) bond motifs is 2. The molecule has 8 heteroatoms. The van der Waals surface area contributed by atoms with Gasteiger partial charge in [-0.2, -0.15) is 0 Å². The molecule has 1 aliphatic rings. The van der Waals surface area contributed by atoms with Gasteiger partial charge in [0.1, 0.15) is 0 Å². The van der Waals surface area contributed by atoms with Crippen LogP contribution in [0.15, 0.2) is 19.6 Å². The van der Waals surface area contributed by atoms with Crippen molar-refractivity contribution in [2.75, 3.05) is 0 Å². The van der Waals surface area contributed by atoms with E-state index in [-0.39, 0.29) is 0 Å². The fraction of sp³-hybridized carbons (Fsp3) is 0.143. The van der Waals surface area contributed by atoms with Gasteiger partial charge in [-0.15, -0.1) is 0 Å². The van der Waals surface area contributed by atoms with E-state index in [1.54, 1.807) is 30.7 Å². The summed E-state index contributed by atoms with van der Waals surface area (Å²) < 4.78 is 11.2. The number of benzene rings is 2. The SMILES string of the molecule is Cc1[c]([RaH])[c]([RaH])c2c([c]1[RaH])Sc1[c]([RaH])c(C)[c]([RaH])[c]([RaH])c1S2. The first-order chi connectivity index (χ1) is 10.3. The van der Waals surface area contributed by atoms with Crippen LogP contribution in [0.3, 0.4) is 0 Å². The van der Waals surface area contributed by atoms with Crippen LogP contribution >= 0.6 is 23.5 Å². The molecular weight excluding hydrogens is 1590 g/mol. The summed E-state index contributed by atoms with van der Waals surface area (Å²) in [5, 5.41) is 0. The zero-order valence-corrected chi connectivity index (χ0v) is 65.8.